The summed E-state index contributed by atoms with van der Waals surface area (Å²) in [5, 5.41) is 3.69. The van der Waals surface area contributed by atoms with Crippen molar-refractivity contribution >= 4 is 11.8 Å². The van der Waals surface area contributed by atoms with E-state index in [0.717, 1.165) is 26.0 Å². The quantitative estimate of drug-likeness (QED) is 0.697. The molecule has 16 heavy (non-hydrogen) atoms. The average Bonchev–Trinajstić information content (AvgIpc) is 2.35. The topological polar surface area (TPSA) is 21.3 Å². The first-order chi connectivity index (χ1) is 7.76. The molecule has 0 aromatic heterocycles. The molecule has 1 atom stereocenters. The zero-order valence-corrected chi connectivity index (χ0v) is 11.9. The van der Waals surface area contributed by atoms with E-state index in [4.69, 9.17) is 4.74 Å². The van der Waals surface area contributed by atoms with Crippen LogP contribution in [0.1, 0.15) is 46.0 Å². The zero-order chi connectivity index (χ0) is 11.9. The first-order valence-electron chi connectivity index (χ1n) is 6.62. The third kappa shape index (κ3) is 4.27. The Balaban J connectivity index is 2.27. The van der Waals surface area contributed by atoms with E-state index in [9.17, 15) is 0 Å². The molecule has 1 N–H and O–H groups in total. The summed E-state index contributed by atoms with van der Waals surface area (Å²) >= 11 is 1.93. The van der Waals surface area contributed by atoms with Gasteiger partial charge in [0.25, 0.3) is 0 Å². The lowest BCUT2D eigenvalue weighted by Gasteiger charge is -2.40. The first kappa shape index (κ1) is 14.3. The van der Waals surface area contributed by atoms with Crippen molar-refractivity contribution in [3.05, 3.63) is 0 Å². The van der Waals surface area contributed by atoms with Crippen molar-refractivity contribution in [2.45, 2.75) is 57.6 Å². The maximum absolute atomic E-state index is 5.98. The molecule has 1 heterocycles. The minimum atomic E-state index is 0.162. The lowest BCUT2D eigenvalue weighted by atomic mass is 9.86. The van der Waals surface area contributed by atoms with Gasteiger partial charge in [0.15, 0.2) is 0 Å². The van der Waals surface area contributed by atoms with Crippen LogP contribution in [0.2, 0.25) is 0 Å². The van der Waals surface area contributed by atoms with Crippen LogP contribution in [0.4, 0.5) is 0 Å². The molecule has 0 spiro atoms. The number of nitrogens with one attached hydrogen (secondary N) is 1. The zero-order valence-electron chi connectivity index (χ0n) is 11.1. The number of hydrogen-bond donors (Lipinski definition) is 1. The maximum atomic E-state index is 5.98. The SMILES string of the molecule is CCC1(CC)CC(NCCCSC)CCO1. The van der Waals surface area contributed by atoms with Gasteiger partial charge in [0.1, 0.15) is 0 Å². The van der Waals surface area contributed by atoms with Gasteiger partial charge in [0, 0.05) is 12.6 Å². The largest absolute Gasteiger partial charge is 0.375 e. The highest BCUT2D eigenvalue weighted by molar-refractivity contribution is 7.98. The third-order valence-corrected chi connectivity index (χ3v) is 4.44. The van der Waals surface area contributed by atoms with Gasteiger partial charge in [-0.25, -0.2) is 0 Å². The summed E-state index contributed by atoms with van der Waals surface area (Å²) in [5.41, 5.74) is 0.162. The second-order valence-corrected chi connectivity index (χ2v) is 5.71. The fourth-order valence-electron chi connectivity index (χ4n) is 2.47. The van der Waals surface area contributed by atoms with Crippen LogP contribution < -0.4 is 5.32 Å². The Kier molecular flexibility index (Phi) is 6.78. The second kappa shape index (κ2) is 7.57. The lowest BCUT2D eigenvalue weighted by molar-refractivity contribution is -0.0929. The van der Waals surface area contributed by atoms with Crippen molar-refractivity contribution < 1.29 is 4.74 Å². The molecule has 0 saturated carbocycles. The van der Waals surface area contributed by atoms with Gasteiger partial charge in [0.2, 0.25) is 0 Å². The molecule has 1 saturated heterocycles. The maximum Gasteiger partial charge on any atom is 0.0692 e. The van der Waals surface area contributed by atoms with E-state index in [1.807, 2.05) is 11.8 Å². The van der Waals surface area contributed by atoms with Gasteiger partial charge >= 0.3 is 0 Å². The Bertz CT molecular complexity index is 183. The minimum absolute atomic E-state index is 0.162. The first-order valence-corrected chi connectivity index (χ1v) is 8.02. The standard InChI is InChI=1S/C13H27NOS/c1-4-13(5-2)11-12(7-9-15-13)14-8-6-10-16-3/h12,14H,4-11H2,1-3H3. The Hall–Kier alpha value is 0.270. The van der Waals surface area contributed by atoms with E-state index >= 15 is 0 Å². The van der Waals surface area contributed by atoms with E-state index in [-0.39, 0.29) is 5.60 Å². The number of rotatable bonds is 7. The van der Waals surface area contributed by atoms with Crippen molar-refractivity contribution in [2.75, 3.05) is 25.2 Å². The monoisotopic (exact) mass is 245 g/mol. The number of hydrogen-bond acceptors (Lipinski definition) is 3. The van der Waals surface area contributed by atoms with Crippen LogP contribution in [0.15, 0.2) is 0 Å². The highest BCUT2D eigenvalue weighted by atomic mass is 32.2. The van der Waals surface area contributed by atoms with Crippen LogP contribution in [0.3, 0.4) is 0 Å². The second-order valence-electron chi connectivity index (χ2n) is 4.73. The van der Waals surface area contributed by atoms with E-state index in [0.29, 0.717) is 6.04 Å². The van der Waals surface area contributed by atoms with Crippen LogP contribution in [0.5, 0.6) is 0 Å². The summed E-state index contributed by atoms with van der Waals surface area (Å²) in [6.07, 6.45) is 8.12. The van der Waals surface area contributed by atoms with Gasteiger partial charge in [-0.05, 0) is 50.7 Å². The highest BCUT2D eigenvalue weighted by Crippen LogP contribution is 2.31. The fourth-order valence-corrected chi connectivity index (χ4v) is 2.90. The molecule has 3 heteroatoms. The number of ether oxygens (including phenoxy) is 1. The molecular weight excluding hydrogens is 218 g/mol. The van der Waals surface area contributed by atoms with Crippen molar-refractivity contribution in [1.82, 2.24) is 5.32 Å². The van der Waals surface area contributed by atoms with Crippen LogP contribution in [-0.4, -0.2) is 36.8 Å². The molecule has 1 fully saturated rings. The summed E-state index contributed by atoms with van der Waals surface area (Å²) < 4.78 is 5.98. The third-order valence-electron chi connectivity index (χ3n) is 3.74. The molecule has 0 bridgehead atoms. The van der Waals surface area contributed by atoms with Gasteiger partial charge < -0.3 is 10.1 Å². The smallest absolute Gasteiger partial charge is 0.0692 e. The lowest BCUT2D eigenvalue weighted by Crippen LogP contribution is -2.46. The van der Waals surface area contributed by atoms with E-state index in [1.165, 1.54) is 25.0 Å². The predicted octanol–water partition coefficient (Wildman–Crippen LogP) is 3.07. The van der Waals surface area contributed by atoms with E-state index in [2.05, 4.69) is 25.4 Å². The van der Waals surface area contributed by atoms with Gasteiger partial charge in [0.05, 0.1) is 5.60 Å². The molecule has 0 aliphatic carbocycles. The predicted molar refractivity (Wildman–Crippen MR) is 73.3 cm³/mol. The Morgan fingerprint density at radius 2 is 2.12 bits per heavy atom. The molecular formula is C13H27NOS. The summed E-state index contributed by atoms with van der Waals surface area (Å²) in [7, 11) is 0. The average molecular weight is 245 g/mol. The van der Waals surface area contributed by atoms with Crippen molar-refractivity contribution in [3.63, 3.8) is 0 Å². The molecule has 0 radical (unpaired) electrons. The Morgan fingerprint density at radius 1 is 1.38 bits per heavy atom. The summed E-state index contributed by atoms with van der Waals surface area (Å²) in [6.45, 7) is 6.59. The van der Waals surface area contributed by atoms with E-state index < -0.39 is 0 Å². The van der Waals surface area contributed by atoms with Crippen LogP contribution in [0, 0.1) is 0 Å². The molecule has 1 unspecified atom stereocenters. The van der Waals surface area contributed by atoms with Crippen LogP contribution in [-0.2, 0) is 4.74 Å². The van der Waals surface area contributed by atoms with E-state index in [1.54, 1.807) is 0 Å². The summed E-state index contributed by atoms with van der Waals surface area (Å²) in [6, 6.07) is 0.676. The molecule has 1 aliphatic rings. The molecule has 2 nitrogen and oxygen atoms in total. The molecule has 0 amide bonds. The van der Waals surface area contributed by atoms with Gasteiger partial charge in [-0.2, -0.15) is 11.8 Å². The molecule has 1 aliphatic heterocycles. The van der Waals surface area contributed by atoms with Crippen molar-refractivity contribution in [3.8, 4) is 0 Å². The van der Waals surface area contributed by atoms with Crippen LogP contribution in [0.25, 0.3) is 0 Å². The normalized spacial score (nSPS) is 24.6. The van der Waals surface area contributed by atoms with Crippen LogP contribution >= 0.6 is 11.8 Å². The van der Waals surface area contributed by atoms with Crippen molar-refractivity contribution in [1.29, 1.82) is 0 Å². The fraction of sp³-hybridized carbons (Fsp3) is 1.00. The Labute approximate surface area is 105 Å². The summed E-state index contributed by atoms with van der Waals surface area (Å²) in [5.74, 6) is 1.27. The van der Waals surface area contributed by atoms with Gasteiger partial charge in [-0.1, -0.05) is 13.8 Å². The highest BCUT2D eigenvalue weighted by Gasteiger charge is 2.33. The van der Waals surface area contributed by atoms with Gasteiger partial charge in [-0.3, -0.25) is 0 Å². The molecule has 1 rings (SSSR count). The summed E-state index contributed by atoms with van der Waals surface area (Å²) in [4.78, 5) is 0. The number of thioether (sulfide) groups is 1. The van der Waals surface area contributed by atoms with Crippen molar-refractivity contribution in [2.24, 2.45) is 0 Å². The molecule has 0 aromatic carbocycles. The molecule has 0 aromatic rings. The molecule has 96 valence electrons. The minimum Gasteiger partial charge on any atom is -0.375 e. The Morgan fingerprint density at radius 3 is 2.75 bits per heavy atom. The van der Waals surface area contributed by atoms with Gasteiger partial charge in [-0.15, -0.1) is 0 Å².